The van der Waals surface area contributed by atoms with Crippen molar-refractivity contribution >= 4 is 11.6 Å². The fraction of sp³-hybridized carbons (Fsp3) is 0.750. The maximum atomic E-state index is 9.37. The molecule has 6 nitrogen and oxygen atoms in total. The van der Waals surface area contributed by atoms with Crippen molar-refractivity contribution in [1.29, 1.82) is 0 Å². The van der Waals surface area contributed by atoms with E-state index in [4.69, 9.17) is 0 Å². The van der Waals surface area contributed by atoms with Gasteiger partial charge in [-0.3, -0.25) is 0 Å². The molecule has 1 aromatic heterocycles. The summed E-state index contributed by atoms with van der Waals surface area (Å²) in [5.41, 5.74) is 0. The molecule has 0 spiro atoms. The van der Waals surface area contributed by atoms with Gasteiger partial charge in [-0.1, -0.05) is 0 Å². The maximum absolute atomic E-state index is 9.37. The van der Waals surface area contributed by atoms with E-state index in [1.54, 1.807) is 6.33 Å². The van der Waals surface area contributed by atoms with E-state index in [0.29, 0.717) is 12.0 Å². The molecular weight excluding hydrogens is 278 g/mol. The third-order valence-electron chi connectivity index (χ3n) is 4.82. The molecule has 0 saturated carbocycles. The number of nitrogens with one attached hydrogen (secondary N) is 1. The summed E-state index contributed by atoms with van der Waals surface area (Å²) in [5, 5.41) is 12.9. The molecule has 2 fully saturated rings. The largest absolute Gasteiger partial charge is 0.396 e. The molecule has 22 heavy (non-hydrogen) atoms. The fourth-order valence-electron chi connectivity index (χ4n) is 3.38. The molecule has 0 aromatic carbocycles. The molecule has 2 aliphatic heterocycles. The minimum atomic E-state index is 0.266. The summed E-state index contributed by atoms with van der Waals surface area (Å²) in [6.07, 6.45) is 6.19. The highest BCUT2D eigenvalue weighted by molar-refractivity contribution is 5.49. The van der Waals surface area contributed by atoms with Crippen LogP contribution in [0.5, 0.6) is 0 Å². The summed E-state index contributed by atoms with van der Waals surface area (Å²) in [6.45, 7) is 4.45. The molecule has 1 atom stereocenters. The van der Waals surface area contributed by atoms with Crippen LogP contribution < -0.4 is 10.2 Å². The zero-order valence-electron chi connectivity index (χ0n) is 13.4. The minimum Gasteiger partial charge on any atom is -0.396 e. The monoisotopic (exact) mass is 305 g/mol. The number of rotatable bonds is 4. The first-order valence-corrected chi connectivity index (χ1v) is 8.37. The highest BCUT2D eigenvalue weighted by Gasteiger charge is 2.21. The third kappa shape index (κ3) is 3.87. The van der Waals surface area contributed by atoms with Gasteiger partial charge in [0, 0.05) is 31.8 Å². The predicted molar refractivity (Wildman–Crippen MR) is 88.2 cm³/mol. The summed E-state index contributed by atoms with van der Waals surface area (Å²) in [7, 11) is 2.17. The number of hydrogen-bond donors (Lipinski definition) is 2. The van der Waals surface area contributed by atoms with Gasteiger partial charge in [-0.25, -0.2) is 9.97 Å². The molecule has 2 aliphatic rings. The van der Waals surface area contributed by atoms with E-state index in [2.05, 4.69) is 38.2 Å². The standard InChI is InChI=1S/C16H27N5O/c1-20-7-4-14(5-8-20)19-15-9-16(18-12-17-15)21-6-2-3-13(10-21)11-22/h9,12-14,22H,2-8,10-11H2,1H3,(H,17,18,19). The van der Waals surface area contributed by atoms with Crippen LogP contribution in [0.4, 0.5) is 11.6 Å². The van der Waals surface area contributed by atoms with Gasteiger partial charge >= 0.3 is 0 Å². The van der Waals surface area contributed by atoms with Crippen molar-refractivity contribution < 1.29 is 5.11 Å². The summed E-state index contributed by atoms with van der Waals surface area (Å²) in [5.74, 6) is 2.27. The normalized spacial score (nSPS) is 24.5. The van der Waals surface area contributed by atoms with Crippen LogP contribution in [0, 0.1) is 5.92 Å². The van der Waals surface area contributed by atoms with Gasteiger partial charge in [-0.05, 0) is 51.7 Å². The average Bonchev–Trinajstić information content (AvgIpc) is 2.57. The van der Waals surface area contributed by atoms with Crippen LogP contribution >= 0.6 is 0 Å². The van der Waals surface area contributed by atoms with Crippen LogP contribution in [0.25, 0.3) is 0 Å². The summed E-state index contributed by atoms with van der Waals surface area (Å²) >= 11 is 0. The summed E-state index contributed by atoms with van der Waals surface area (Å²) in [6, 6.07) is 2.56. The molecule has 1 unspecified atom stereocenters. The van der Waals surface area contributed by atoms with Crippen molar-refractivity contribution in [3.8, 4) is 0 Å². The van der Waals surface area contributed by atoms with E-state index < -0.39 is 0 Å². The Morgan fingerprint density at radius 3 is 2.82 bits per heavy atom. The number of hydrogen-bond acceptors (Lipinski definition) is 6. The number of piperidine rings is 2. The maximum Gasteiger partial charge on any atom is 0.134 e. The van der Waals surface area contributed by atoms with Crippen LogP contribution in [-0.4, -0.2) is 65.8 Å². The van der Waals surface area contributed by atoms with Gasteiger partial charge in [-0.2, -0.15) is 0 Å². The number of aliphatic hydroxyl groups is 1. The lowest BCUT2D eigenvalue weighted by molar-refractivity contribution is 0.208. The Morgan fingerprint density at radius 1 is 1.23 bits per heavy atom. The van der Waals surface area contributed by atoms with Gasteiger partial charge in [0.2, 0.25) is 0 Å². The van der Waals surface area contributed by atoms with Crippen LogP contribution in [0.15, 0.2) is 12.4 Å². The predicted octanol–water partition coefficient (Wildman–Crippen LogP) is 1.19. The minimum absolute atomic E-state index is 0.266. The molecule has 1 aromatic rings. The van der Waals surface area contributed by atoms with E-state index >= 15 is 0 Å². The molecule has 0 aliphatic carbocycles. The smallest absolute Gasteiger partial charge is 0.134 e. The first-order chi connectivity index (χ1) is 10.7. The Hall–Kier alpha value is -1.40. The number of anilines is 2. The lowest BCUT2D eigenvalue weighted by atomic mass is 9.99. The molecule has 2 N–H and O–H groups in total. The quantitative estimate of drug-likeness (QED) is 0.871. The Bertz CT molecular complexity index is 475. The lowest BCUT2D eigenvalue weighted by Gasteiger charge is -2.33. The Morgan fingerprint density at radius 2 is 2.05 bits per heavy atom. The molecule has 6 heteroatoms. The number of aliphatic hydroxyl groups excluding tert-OH is 1. The summed E-state index contributed by atoms with van der Waals surface area (Å²) in [4.78, 5) is 13.4. The highest BCUT2D eigenvalue weighted by atomic mass is 16.3. The second-order valence-electron chi connectivity index (χ2n) is 6.62. The van der Waals surface area contributed by atoms with Crippen molar-refractivity contribution in [1.82, 2.24) is 14.9 Å². The molecule has 3 heterocycles. The second kappa shape index (κ2) is 7.24. The van der Waals surface area contributed by atoms with Gasteiger partial charge in [0.1, 0.15) is 18.0 Å². The van der Waals surface area contributed by atoms with Crippen LogP contribution in [0.3, 0.4) is 0 Å². The van der Waals surface area contributed by atoms with Crippen LogP contribution in [-0.2, 0) is 0 Å². The molecule has 0 radical (unpaired) electrons. The fourth-order valence-corrected chi connectivity index (χ4v) is 3.38. The van der Waals surface area contributed by atoms with Crippen molar-refractivity contribution in [3.63, 3.8) is 0 Å². The van der Waals surface area contributed by atoms with Crippen molar-refractivity contribution in [2.45, 2.75) is 31.7 Å². The topological polar surface area (TPSA) is 64.5 Å². The molecular formula is C16H27N5O. The zero-order valence-corrected chi connectivity index (χ0v) is 13.4. The van der Waals surface area contributed by atoms with E-state index in [1.807, 2.05) is 0 Å². The van der Waals surface area contributed by atoms with Gasteiger partial charge < -0.3 is 20.2 Å². The van der Waals surface area contributed by atoms with Crippen molar-refractivity contribution in [2.75, 3.05) is 50.1 Å². The number of aromatic nitrogens is 2. The Labute approximate surface area is 132 Å². The van der Waals surface area contributed by atoms with E-state index in [9.17, 15) is 5.11 Å². The van der Waals surface area contributed by atoms with Gasteiger partial charge in [0.25, 0.3) is 0 Å². The number of nitrogens with zero attached hydrogens (tertiary/aromatic N) is 4. The summed E-state index contributed by atoms with van der Waals surface area (Å²) < 4.78 is 0. The van der Waals surface area contributed by atoms with Crippen LogP contribution in [0.1, 0.15) is 25.7 Å². The zero-order chi connectivity index (χ0) is 15.4. The van der Waals surface area contributed by atoms with Gasteiger partial charge in [0.15, 0.2) is 0 Å². The SMILES string of the molecule is CN1CCC(Nc2cc(N3CCCC(CO)C3)ncn2)CC1. The Kier molecular flexibility index (Phi) is 5.10. The first-order valence-electron chi connectivity index (χ1n) is 8.37. The average molecular weight is 305 g/mol. The molecule has 0 amide bonds. The lowest BCUT2D eigenvalue weighted by Crippen LogP contribution is -2.38. The molecule has 122 valence electrons. The van der Waals surface area contributed by atoms with E-state index in [-0.39, 0.29) is 6.61 Å². The first kappa shape index (κ1) is 15.5. The van der Waals surface area contributed by atoms with Gasteiger partial charge in [0.05, 0.1) is 0 Å². The molecule has 2 saturated heterocycles. The second-order valence-corrected chi connectivity index (χ2v) is 6.62. The van der Waals surface area contributed by atoms with Crippen LogP contribution in [0.2, 0.25) is 0 Å². The van der Waals surface area contributed by atoms with Crippen molar-refractivity contribution in [3.05, 3.63) is 12.4 Å². The highest BCUT2D eigenvalue weighted by Crippen LogP contribution is 2.23. The van der Waals surface area contributed by atoms with E-state index in [1.165, 1.54) is 0 Å². The van der Waals surface area contributed by atoms with Crippen molar-refractivity contribution in [2.24, 2.45) is 5.92 Å². The molecule has 0 bridgehead atoms. The van der Waals surface area contributed by atoms with E-state index in [0.717, 1.165) is 63.5 Å². The third-order valence-corrected chi connectivity index (χ3v) is 4.82. The molecule has 3 rings (SSSR count). The Balaban J connectivity index is 1.62. The number of likely N-dealkylation sites (tertiary alicyclic amines) is 1. The van der Waals surface area contributed by atoms with Gasteiger partial charge in [-0.15, -0.1) is 0 Å².